The largest absolute Gasteiger partial charge is 0.372 e. The Kier molecular flexibility index (Phi) is 2.88. The Morgan fingerprint density at radius 1 is 1.43 bits per heavy atom. The second-order valence-electron chi connectivity index (χ2n) is 4.41. The number of carbonyl (C=O) groups is 1. The van der Waals surface area contributed by atoms with E-state index < -0.39 is 0 Å². The fraction of sp³-hybridized carbons (Fsp3) is 0.909. The van der Waals surface area contributed by atoms with Gasteiger partial charge < -0.3 is 4.74 Å². The predicted molar refractivity (Wildman–Crippen MR) is 54.2 cm³/mol. The first-order valence-electron chi connectivity index (χ1n) is 5.63. The zero-order chi connectivity index (χ0) is 10.1. The van der Waals surface area contributed by atoms with Crippen LogP contribution >= 0.6 is 0 Å². The van der Waals surface area contributed by atoms with Crippen molar-refractivity contribution in [1.82, 2.24) is 4.90 Å². The Balaban J connectivity index is 1.95. The molecule has 3 heteroatoms. The summed E-state index contributed by atoms with van der Waals surface area (Å²) in [5.41, 5.74) is 0. The van der Waals surface area contributed by atoms with Crippen LogP contribution in [0.15, 0.2) is 0 Å². The van der Waals surface area contributed by atoms with Crippen LogP contribution < -0.4 is 0 Å². The van der Waals surface area contributed by atoms with E-state index in [1.165, 1.54) is 12.8 Å². The maximum atomic E-state index is 11.6. The highest BCUT2D eigenvalue weighted by atomic mass is 16.5. The molecule has 80 valence electrons. The molecule has 0 N–H and O–H groups in total. The lowest BCUT2D eigenvalue weighted by molar-refractivity contribution is -0.127. The lowest BCUT2D eigenvalue weighted by atomic mass is 10.1. The first kappa shape index (κ1) is 10.1. The molecule has 2 aliphatic rings. The molecule has 0 aromatic heterocycles. The second-order valence-corrected chi connectivity index (χ2v) is 4.41. The average Bonchev–Trinajstić information content (AvgIpc) is 2.55. The van der Waals surface area contributed by atoms with Crippen LogP contribution in [0.5, 0.6) is 0 Å². The molecule has 0 spiro atoms. The van der Waals surface area contributed by atoms with Crippen molar-refractivity contribution in [3.63, 3.8) is 0 Å². The Bertz CT molecular complexity index is 217. The van der Waals surface area contributed by atoms with Crippen molar-refractivity contribution < 1.29 is 9.53 Å². The summed E-state index contributed by atoms with van der Waals surface area (Å²) in [6, 6.07) is 0.0898. The number of hydrogen-bond acceptors (Lipinski definition) is 3. The summed E-state index contributed by atoms with van der Waals surface area (Å²) in [5.74, 6) is 0.353. The third-order valence-electron chi connectivity index (χ3n) is 3.43. The molecule has 0 aliphatic carbocycles. The van der Waals surface area contributed by atoms with Crippen molar-refractivity contribution in [2.45, 2.75) is 51.4 Å². The molecule has 0 saturated carbocycles. The van der Waals surface area contributed by atoms with Gasteiger partial charge in [-0.3, -0.25) is 9.69 Å². The Morgan fingerprint density at radius 2 is 2.00 bits per heavy atom. The fourth-order valence-corrected chi connectivity index (χ4v) is 2.46. The van der Waals surface area contributed by atoms with E-state index in [9.17, 15) is 4.79 Å². The third kappa shape index (κ3) is 1.84. The molecule has 2 rings (SSSR count). The maximum Gasteiger partial charge on any atom is 0.149 e. The number of ether oxygens (including phenoxy) is 1. The molecule has 0 aromatic rings. The Morgan fingerprint density at radius 3 is 2.50 bits per heavy atom. The molecule has 2 saturated heterocycles. The minimum atomic E-state index is 0.0898. The van der Waals surface area contributed by atoms with Crippen molar-refractivity contribution in [3.8, 4) is 0 Å². The number of morpholine rings is 1. The smallest absolute Gasteiger partial charge is 0.149 e. The van der Waals surface area contributed by atoms with Gasteiger partial charge >= 0.3 is 0 Å². The minimum Gasteiger partial charge on any atom is -0.372 e. The van der Waals surface area contributed by atoms with E-state index in [0.717, 1.165) is 13.1 Å². The molecule has 2 bridgehead atoms. The van der Waals surface area contributed by atoms with Crippen LogP contribution in [-0.4, -0.2) is 42.0 Å². The van der Waals surface area contributed by atoms with Crippen LogP contribution in [0.25, 0.3) is 0 Å². The van der Waals surface area contributed by atoms with Gasteiger partial charge in [0, 0.05) is 19.5 Å². The molecule has 2 fully saturated rings. The molecule has 14 heavy (non-hydrogen) atoms. The Labute approximate surface area is 85.4 Å². The van der Waals surface area contributed by atoms with Gasteiger partial charge in [-0.05, 0) is 19.8 Å². The lowest BCUT2D eigenvalue weighted by Crippen LogP contribution is -2.49. The number of hydrogen-bond donors (Lipinski definition) is 0. The van der Waals surface area contributed by atoms with Crippen molar-refractivity contribution >= 4 is 5.78 Å². The van der Waals surface area contributed by atoms with Crippen LogP contribution in [-0.2, 0) is 9.53 Å². The van der Waals surface area contributed by atoms with E-state index in [1.807, 2.05) is 13.8 Å². The van der Waals surface area contributed by atoms with Gasteiger partial charge in [-0.15, -0.1) is 0 Å². The van der Waals surface area contributed by atoms with Gasteiger partial charge in [-0.1, -0.05) is 6.92 Å². The summed E-state index contributed by atoms with van der Waals surface area (Å²) in [6.07, 6.45) is 3.78. The van der Waals surface area contributed by atoms with E-state index in [0.29, 0.717) is 24.4 Å². The first-order chi connectivity index (χ1) is 6.70. The van der Waals surface area contributed by atoms with Gasteiger partial charge in [-0.25, -0.2) is 0 Å². The van der Waals surface area contributed by atoms with Crippen LogP contribution in [0.2, 0.25) is 0 Å². The summed E-state index contributed by atoms with van der Waals surface area (Å²) in [7, 11) is 0. The van der Waals surface area contributed by atoms with Gasteiger partial charge in [0.25, 0.3) is 0 Å². The summed E-state index contributed by atoms with van der Waals surface area (Å²) in [6.45, 7) is 5.86. The van der Waals surface area contributed by atoms with Gasteiger partial charge in [-0.2, -0.15) is 0 Å². The molecule has 2 aliphatic heterocycles. The number of Topliss-reactive ketones (excluding diaryl/α,β-unsaturated/α-hetero) is 1. The molecule has 0 radical (unpaired) electrons. The average molecular weight is 197 g/mol. The number of carbonyl (C=O) groups excluding carboxylic acids is 1. The van der Waals surface area contributed by atoms with Crippen LogP contribution in [0.3, 0.4) is 0 Å². The normalized spacial score (nSPS) is 34.4. The van der Waals surface area contributed by atoms with Crippen molar-refractivity contribution in [3.05, 3.63) is 0 Å². The van der Waals surface area contributed by atoms with Crippen LogP contribution in [0.4, 0.5) is 0 Å². The number of ketones is 1. The summed E-state index contributed by atoms with van der Waals surface area (Å²) >= 11 is 0. The zero-order valence-corrected chi connectivity index (χ0v) is 9.03. The maximum absolute atomic E-state index is 11.6. The SMILES string of the molecule is CCC(=O)C(C)N1CC2CCC(C1)O2. The van der Waals surface area contributed by atoms with Crippen LogP contribution in [0, 0.1) is 0 Å². The molecule has 0 amide bonds. The molecule has 2 heterocycles. The zero-order valence-electron chi connectivity index (χ0n) is 9.03. The molecular formula is C11H19NO2. The summed E-state index contributed by atoms with van der Waals surface area (Å²) < 4.78 is 5.74. The van der Waals surface area contributed by atoms with Crippen molar-refractivity contribution in [2.24, 2.45) is 0 Å². The standard InChI is InChI=1S/C11H19NO2/c1-3-11(13)8(2)12-6-9-4-5-10(7-12)14-9/h8-10H,3-7H2,1-2H3. The first-order valence-corrected chi connectivity index (χ1v) is 5.63. The van der Waals surface area contributed by atoms with E-state index in [2.05, 4.69) is 4.90 Å². The number of nitrogens with zero attached hydrogens (tertiary/aromatic N) is 1. The number of rotatable bonds is 3. The van der Waals surface area contributed by atoms with E-state index in [4.69, 9.17) is 4.74 Å². The highest BCUT2D eigenvalue weighted by Gasteiger charge is 2.36. The second kappa shape index (κ2) is 3.99. The van der Waals surface area contributed by atoms with Gasteiger partial charge in [0.1, 0.15) is 5.78 Å². The third-order valence-corrected chi connectivity index (χ3v) is 3.43. The lowest BCUT2D eigenvalue weighted by Gasteiger charge is -2.35. The van der Waals surface area contributed by atoms with Gasteiger partial charge in [0.2, 0.25) is 0 Å². The van der Waals surface area contributed by atoms with Crippen molar-refractivity contribution in [2.75, 3.05) is 13.1 Å². The highest BCUT2D eigenvalue weighted by Crippen LogP contribution is 2.27. The van der Waals surface area contributed by atoms with E-state index in [-0.39, 0.29) is 6.04 Å². The molecular weight excluding hydrogens is 178 g/mol. The van der Waals surface area contributed by atoms with E-state index in [1.54, 1.807) is 0 Å². The molecule has 3 unspecified atom stereocenters. The summed E-state index contributed by atoms with van der Waals surface area (Å²) in [5, 5.41) is 0. The van der Waals surface area contributed by atoms with Gasteiger partial charge in [0.15, 0.2) is 0 Å². The monoisotopic (exact) mass is 197 g/mol. The summed E-state index contributed by atoms with van der Waals surface area (Å²) in [4.78, 5) is 13.9. The minimum absolute atomic E-state index is 0.0898. The Hall–Kier alpha value is -0.410. The van der Waals surface area contributed by atoms with Gasteiger partial charge in [0.05, 0.1) is 18.2 Å². The number of likely N-dealkylation sites (tertiary alicyclic amines) is 1. The number of fused-ring (bicyclic) bond motifs is 2. The molecule has 0 aromatic carbocycles. The predicted octanol–water partition coefficient (Wildman–Crippen LogP) is 1.22. The van der Waals surface area contributed by atoms with Crippen LogP contribution in [0.1, 0.15) is 33.1 Å². The highest BCUT2D eigenvalue weighted by molar-refractivity contribution is 5.83. The quantitative estimate of drug-likeness (QED) is 0.681. The topological polar surface area (TPSA) is 29.5 Å². The molecule has 3 nitrogen and oxygen atoms in total. The van der Waals surface area contributed by atoms with Crippen molar-refractivity contribution in [1.29, 1.82) is 0 Å². The molecule has 3 atom stereocenters. The van der Waals surface area contributed by atoms with E-state index >= 15 is 0 Å². The fourth-order valence-electron chi connectivity index (χ4n) is 2.46.